The molecule has 1 aromatic rings. The average Bonchev–Trinajstić information content (AvgIpc) is 2.26. The first-order chi connectivity index (χ1) is 7.91. The van der Waals surface area contributed by atoms with E-state index in [0.29, 0.717) is 6.07 Å². The van der Waals surface area contributed by atoms with Gasteiger partial charge in [0.25, 0.3) is 0 Å². The van der Waals surface area contributed by atoms with E-state index in [1.165, 1.54) is 0 Å². The molecule has 1 aliphatic heterocycles. The summed E-state index contributed by atoms with van der Waals surface area (Å²) >= 11 is 0. The smallest absolute Gasteiger partial charge is 0.420 e. The lowest BCUT2D eigenvalue weighted by Crippen LogP contribution is -2.21. The molecule has 0 radical (unpaired) electrons. The van der Waals surface area contributed by atoms with Gasteiger partial charge in [-0.25, -0.2) is 4.79 Å². The minimum atomic E-state index is -4.61. The zero-order chi connectivity index (χ0) is 12.6. The number of benzene rings is 1. The number of alkyl halides is 3. The van der Waals surface area contributed by atoms with E-state index >= 15 is 0 Å². The Morgan fingerprint density at radius 2 is 1.76 bits per heavy atom. The molecule has 7 heteroatoms. The van der Waals surface area contributed by atoms with Gasteiger partial charge in [0.05, 0.1) is 0 Å². The summed E-state index contributed by atoms with van der Waals surface area (Å²) in [6.45, 7) is -0.0201. The van der Waals surface area contributed by atoms with Crippen LogP contribution in [0.25, 0.3) is 0 Å². The maximum atomic E-state index is 12.6. The fraction of sp³-hybridized carbons (Fsp3) is 0.300. The van der Waals surface area contributed by atoms with E-state index in [1.54, 1.807) is 0 Å². The van der Waals surface area contributed by atoms with Crippen LogP contribution < -0.4 is 9.47 Å². The molecule has 0 saturated heterocycles. The van der Waals surface area contributed by atoms with Gasteiger partial charge in [-0.15, -0.1) is 0 Å². The predicted molar refractivity (Wildman–Crippen MR) is 49.4 cm³/mol. The van der Waals surface area contributed by atoms with Gasteiger partial charge in [-0.1, -0.05) is 0 Å². The highest BCUT2D eigenvalue weighted by atomic mass is 19.4. The van der Waals surface area contributed by atoms with E-state index < -0.39 is 23.5 Å². The molecule has 0 aliphatic carbocycles. The number of hydrogen-bond acceptors (Lipinski definition) is 3. The van der Waals surface area contributed by atoms with Crippen LogP contribution in [-0.4, -0.2) is 24.3 Å². The largest absolute Gasteiger partial charge is 0.485 e. The van der Waals surface area contributed by atoms with Crippen molar-refractivity contribution in [1.82, 2.24) is 0 Å². The molecular weight excluding hydrogens is 241 g/mol. The summed E-state index contributed by atoms with van der Waals surface area (Å²) in [5.41, 5.74) is -1.37. The molecule has 0 bridgehead atoms. The van der Waals surface area contributed by atoms with Crippen LogP contribution in [0.15, 0.2) is 12.1 Å². The number of aromatic carboxylic acids is 1. The molecule has 0 atom stereocenters. The van der Waals surface area contributed by atoms with Crippen LogP contribution in [-0.2, 0) is 6.18 Å². The second kappa shape index (κ2) is 3.83. The van der Waals surface area contributed by atoms with E-state index in [1.807, 2.05) is 0 Å². The van der Waals surface area contributed by atoms with Crippen molar-refractivity contribution in [2.75, 3.05) is 13.2 Å². The first kappa shape index (κ1) is 11.6. The lowest BCUT2D eigenvalue weighted by molar-refractivity contribution is -0.139. The number of halogens is 3. The molecule has 0 unspecified atom stereocenters. The van der Waals surface area contributed by atoms with Crippen LogP contribution in [0.2, 0.25) is 0 Å². The SMILES string of the molecule is O=C(O)c1ccc(C(F)(F)F)c2c1OCCO2. The zero-order valence-corrected chi connectivity index (χ0v) is 8.37. The maximum Gasteiger partial charge on any atom is 0.420 e. The summed E-state index contributed by atoms with van der Waals surface area (Å²) in [6, 6.07) is 1.54. The maximum absolute atomic E-state index is 12.6. The number of carboxylic acid groups (broad SMARTS) is 1. The predicted octanol–water partition coefficient (Wildman–Crippen LogP) is 2.17. The summed E-state index contributed by atoms with van der Waals surface area (Å²) in [4.78, 5) is 10.8. The summed E-state index contributed by atoms with van der Waals surface area (Å²) in [7, 11) is 0. The van der Waals surface area contributed by atoms with Crippen LogP contribution in [0.3, 0.4) is 0 Å². The first-order valence-electron chi connectivity index (χ1n) is 4.64. The lowest BCUT2D eigenvalue weighted by Gasteiger charge is -2.23. The van der Waals surface area contributed by atoms with E-state index in [-0.39, 0.29) is 24.5 Å². The van der Waals surface area contributed by atoms with Gasteiger partial charge in [0.2, 0.25) is 0 Å². The van der Waals surface area contributed by atoms with Gasteiger partial charge in [-0.3, -0.25) is 0 Å². The van der Waals surface area contributed by atoms with Crippen molar-refractivity contribution in [2.24, 2.45) is 0 Å². The standard InChI is InChI=1S/C10H7F3O4/c11-10(12,13)6-2-1-5(9(14)15)7-8(6)17-4-3-16-7/h1-2H,3-4H2,(H,14,15). The minimum absolute atomic E-state index is 0.0224. The van der Waals surface area contributed by atoms with E-state index in [0.717, 1.165) is 6.07 Å². The van der Waals surface area contributed by atoms with E-state index in [9.17, 15) is 18.0 Å². The average molecular weight is 248 g/mol. The summed E-state index contributed by atoms with van der Waals surface area (Å²) in [5, 5.41) is 8.82. The van der Waals surface area contributed by atoms with Crippen molar-refractivity contribution in [3.63, 3.8) is 0 Å². The number of hydrogen-bond donors (Lipinski definition) is 1. The summed E-state index contributed by atoms with van der Waals surface area (Å²) in [5.74, 6) is -2.28. The molecule has 92 valence electrons. The Morgan fingerprint density at radius 1 is 1.18 bits per heavy atom. The van der Waals surface area contributed by atoms with E-state index in [2.05, 4.69) is 0 Å². The monoisotopic (exact) mass is 248 g/mol. The highest BCUT2D eigenvalue weighted by Crippen LogP contribution is 2.44. The van der Waals surface area contributed by atoms with Gasteiger partial charge >= 0.3 is 12.1 Å². The van der Waals surface area contributed by atoms with Crippen LogP contribution in [0.4, 0.5) is 13.2 Å². The number of carbonyl (C=O) groups is 1. The van der Waals surface area contributed by atoms with Crippen molar-refractivity contribution in [3.05, 3.63) is 23.3 Å². The van der Waals surface area contributed by atoms with Gasteiger partial charge in [0.15, 0.2) is 11.5 Å². The third kappa shape index (κ3) is 2.00. The molecule has 0 amide bonds. The van der Waals surface area contributed by atoms with Gasteiger partial charge in [-0.2, -0.15) is 13.2 Å². The first-order valence-corrected chi connectivity index (χ1v) is 4.64. The van der Waals surface area contributed by atoms with E-state index in [4.69, 9.17) is 14.6 Å². The zero-order valence-electron chi connectivity index (χ0n) is 8.37. The molecule has 1 heterocycles. The Labute approximate surface area is 93.6 Å². The van der Waals surface area contributed by atoms with Crippen molar-refractivity contribution in [2.45, 2.75) is 6.18 Å². The molecule has 1 N–H and O–H groups in total. The minimum Gasteiger partial charge on any atom is -0.485 e. The highest BCUT2D eigenvalue weighted by Gasteiger charge is 2.38. The number of rotatable bonds is 1. The lowest BCUT2D eigenvalue weighted by atomic mass is 10.1. The summed E-state index contributed by atoms with van der Waals surface area (Å²) in [6.07, 6.45) is -4.61. The fourth-order valence-electron chi connectivity index (χ4n) is 1.53. The van der Waals surface area contributed by atoms with Crippen LogP contribution in [0, 0.1) is 0 Å². The molecule has 4 nitrogen and oxygen atoms in total. The molecule has 1 aliphatic rings. The quantitative estimate of drug-likeness (QED) is 0.827. The molecule has 1 aromatic carbocycles. The van der Waals surface area contributed by atoms with Gasteiger partial charge in [-0.05, 0) is 12.1 Å². The Morgan fingerprint density at radius 3 is 2.29 bits per heavy atom. The van der Waals surface area contributed by atoms with Crippen LogP contribution in [0.5, 0.6) is 11.5 Å². The fourth-order valence-corrected chi connectivity index (χ4v) is 1.53. The van der Waals surface area contributed by atoms with Gasteiger partial charge < -0.3 is 14.6 Å². The normalized spacial score (nSPS) is 14.5. The molecule has 2 rings (SSSR count). The topological polar surface area (TPSA) is 55.8 Å². The van der Waals surface area contributed by atoms with Crippen molar-refractivity contribution < 1.29 is 32.5 Å². The van der Waals surface area contributed by atoms with Crippen LogP contribution in [0.1, 0.15) is 15.9 Å². The van der Waals surface area contributed by atoms with Gasteiger partial charge in [0, 0.05) is 0 Å². The van der Waals surface area contributed by atoms with Crippen LogP contribution >= 0.6 is 0 Å². The molecule has 0 aromatic heterocycles. The Hall–Kier alpha value is -1.92. The van der Waals surface area contributed by atoms with Crippen molar-refractivity contribution >= 4 is 5.97 Å². The molecular formula is C10H7F3O4. The molecule has 0 fully saturated rings. The number of fused-ring (bicyclic) bond motifs is 1. The summed E-state index contributed by atoms with van der Waals surface area (Å²) < 4.78 is 47.7. The molecule has 0 spiro atoms. The molecule has 17 heavy (non-hydrogen) atoms. The Kier molecular flexibility index (Phi) is 2.60. The Balaban J connectivity index is 2.63. The number of ether oxygens (including phenoxy) is 2. The third-order valence-corrected chi connectivity index (χ3v) is 2.22. The van der Waals surface area contributed by atoms with Crippen molar-refractivity contribution in [1.29, 1.82) is 0 Å². The van der Waals surface area contributed by atoms with Gasteiger partial charge in [0.1, 0.15) is 24.3 Å². The highest BCUT2D eigenvalue weighted by molar-refractivity contribution is 5.92. The second-order valence-corrected chi connectivity index (χ2v) is 3.32. The number of carboxylic acids is 1. The van der Waals surface area contributed by atoms with Crippen molar-refractivity contribution in [3.8, 4) is 11.5 Å². The Bertz CT molecular complexity index is 467. The third-order valence-electron chi connectivity index (χ3n) is 2.22. The molecule has 0 saturated carbocycles. The second-order valence-electron chi connectivity index (χ2n) is 3.32.